The van der Waals surface area contributed by atoms with Crippen LogP contribution in [-0.2, 0) is 4.79 Å². The van der Waals surface area contributed by atoms with E-state index in [1.807, 2.05) is 6.07 Å². The van der Waals surface area contributed by atoms with Crippen molar-refractivity contribution < 1.29 is 19.5 Å². The highest BCUT2D eigenvalue weighted by atomic mass is 32.2. The number of thioether (sulfide) groups is 1. The van der Waals surface area contributed by atoms with Crippen molar-refractivity contribution in [2.24, 2.45) is 0 Å². The molecule has 0 aromatic heterocycles. The highest BCUT2D eigenvalue weighted by Gasteiger charge is 2.21. The van der Waals surface area contributed by atoms with Crippen LogP contribution in [-0.4, -0.2) is 40.3 Å². The fourth-order valence-corrected chi connectivity index (χ4v) is 4.70. The number of benzene rings is 2. The highest BCUT2D eigenvalue weighted by Crippen LogP contribution is 2.15. The van der Waals surface area contributed by atoms with Gasteiger partial charge in [0.25, 0.3) is 5.91 Å². The standard InChI is InChI=1S/C32H39NO4S/c1-23(2)11-8-12-24(3)13-9-14-25(4)19-20-38-22-29(32(36)37)33-31(35)28-18-10-17-27(21-28)30(34)26-15-6-5-7-16-26/h5-7,10-11,13,15-19,21,29H,8-9,12,14,20,22H2,1-4H3,(H,33,35)(H,36,37)/b24-13+,25-19+/t29-/m0/s1. The summed E-state index contributed by atoms with van der Waals surface area (Å²) in [5.74, 6) is -0.870. The number of aliphatic carboxylic acids is 1. The first kappa shape index (κ1) is 30.8. The van der Waals surface area contributed by atoms with Gasteiger partial charge in [-0.15, -0.1) is 0 Å². The van der Waals surface area contributed by atoms with E-state index in [-0.39, 0.29) is 17.1 Å². The second-order valence-corrected chi connectivity index (χ2v) is 10.7. The van der Waals surface area contributed by atoms with Gasteiger partial charge in [0, 0.05) is 28.2 Å². The molecule has 2 aromatic carbocycles. The third-order valence-electron chi connectivity index (χ3n) is 5.98. The number of carboxylic acids is 1. The Labute approximate surface area is 231 Å². The van der Waals surface area contributed by atoms with Gasteiger partial charge >= 0.3 is 5.97 Å². The first-order valence-electron chi connectivity index (χ1n) is 12.9. The average Bonchev–Trinajstić information content (AvgIpc) is 2.90. The van der Waals surface area contributed by atoms with Crippen LogP contribution in [0.25, 0.3) is 0 Å². The minimum Gasteiger partial charge on any atom is -0.480 e. The average molecular weight is 534 g/mol. The molecule has 202 valence electrons. The zero-order valence-electron chi connectivity index (χ0n) is 22.8. The summed E-state index contributed by atoms with van der Waals surface area (Å²) < 4.78 is 0. The number of rotatable bonds is 15. The molecule has 0 saturated carbocycles. The zero-order valence-corrected chi connectivity index (χ0v) is 23.6. The van der Waals surface area contributed by atoms with Gasteiger partial charge in [-0.25, -0.2) is 4.79 Å². The van der Waals surface area contributed by atoms with Gasteiger partial charge in [0.2, 0.25) is 0 Å². The van der Waals surface area contributed by atoms with E-state index in [9.17, 15) is 19.5 Å². The van der Waals surface area contributed by atoms with E-state index < -0.39 is 17.9 Å². The summed E-state index contributed by atoms with van der Waals surface area (Å²) in [6.45, 7) is 8.50. The third kappa shape index (κ3) is 11.3. The molecule has 0 heterocycles. The Morgan fingerprint density at radius 3 is 2.08 bits per heavy atom. The van der Waals surface area contributed by atoms with Crippen LogP contribution in [0, 0.1) is 0 Å². The van der Waals surface area contributed by atoms with Crippen LogP contribution in [0.1, 0.15) is 79.7 Å². The summed E-state index contributed by atoms with van der Waals surface area (Å²) in [4.78, 5) is 37.2. The van der Waals surface area contributed by atoms with E-state index in [2.05, 4.69) is 51.2 Å². The summed E-state index contributed by atoms with van der Waals surface area (Å²) in [6, 6.07) is 14.1. The molecule has 5 nitrogen and oxygen atoms in total. The number of allylic oxidation sites excluding steroid dienone is 5. The van der Waals surface area contributed by atoms with E-state index in [1.165, 1.54) is 34.5 Å². The van der Waals surface area contributed by atoms with Crippen molar-refractivity contribution in [1.82, 2.24) is 5.32 Å². The molecule has 0 spiro atoms. The number of carboxylic acid groups (broad SMARTS) is 1. The lowest BCUT2D eigenvalue weighted by Gasteiger charge is -2.14. The summed E-state index contributed by atoms with van der Waals surface area (Å²) in [5.41, 5.74) is 5.18. The zero-order chi connectivity index (χ0) is 27.9. The number of hydrogen-bond donors (Lipinski definition) is 2. The molecule has 2 rings (SSSR count). The Morgan fingerprint density at radius 1 is 0.816 bits per heavy atom. The van der Waals surface area contributed by atoms with E-state index in [0.717, 1.165) is 25.7 Å². The molecule has 2 aromatic rings. The van der Waals surface area contributed by atoms with Gasteiger partial charge in [0.15, 0.2) is 5.78 Å². The predicted molar refractivity (Wildman–Crippen MR) is 158 cm³/mol. The third-order valence-corrected chi connectivity index (χ3v) is 6.95. The molecule has 1 amide bonds. The molecule has 0 saturated heterocycles. The van der Waals surface area contributed by atoms with Crippen LogP contribution < -0.4 is 5.32 Å². The smallest absolute Gasteiger partial charge is 0.327 e. The Balaban J connectivity index is 1.84. The van der Waals surface area contributed by atoms with Crippen LogP contribution >= 0.6 is 11.8 Å². The van der Waals surface area contributed by atoms with Crippen molar-refractivity contribution in [2.45, 2.75) is 59.4 Å². The molecule has 6 heteroatoms. The molecule has 0 unspecified atom stereocenters. The molecule has 0 fully saturated rings. The van der Waals surface area contributed by atoms with Gasteiger partial charge in [-0.05, 0) is 65.5 Å². The van der Waals surface area contributed by atoms with E-state index in [0.29, 0.717) is 16.9 Å². The van der Waals surface area contributed by atoms with Crippen LogP contribution in [0.3, 0.4) is 0 Å². The van der Waals surface area contributed by atoms with Crippen LogP contribution in [0.2, 0.25) is 0 Å². The number of nitrogens with one attached hydrogen (secondary N) is 1. The van der Waals surface area contributed by atoms with Crippen molar-refractivity contribution in [3.8, 4) is 0 Å². The second kappa shape index (κ2) is 16.5. The summed E-state index contributed by atoms with van der Waals surface area (Å²) >= 11 is 1.47. The molecular weight excluding hydrogens is 494 g/mol. The lowest BCUT2D eigenvalue weighted by Crippen LogP contribution is -2.42. The number of ketones is 1. The number of carbonyl (C=O) groups is 3. The van der Waals surface area contributed by atoms with Crippen molar-refractivity contribution in [3.63, 3.8) is 0 Å². The van der Waals surface area contributed by atoms with E-state index in [1.54, 1.807) is 42.5 Å². The topological polar surface area (TPSA) is 83.5 Å². The molecule has 2 N–H and O–H groups in total. The maximum Gasteiger partial charge on any atom is 0.327 e. The van der Waals surface area contributed by atoms with Crippen LogP contribution in [0.15, 0.2) is 89.5 Å². The van der Waals surface area contributed by atoms with Crippen LogP contribution in [0.5, 0.6) is 0 Å². The summed E-state index contributed by atoms with van der Waals surface area (Å²) in [5, 5.41) is 12.2. The molecule has 0 aliphatic rings. The lowest BCUT2D eigenvalue weighted by molar-refractivity contribution is -0.138. The molecule has 1 atom stereocenters. The maximum absolute atomic E-state index is 12.8. The quantitative estimate of drug-likeness (QED) is 0.143. The fraction of sp³-hybridized carbons (Fsp3) is 0.344. The largest absolute Gasteiger partial charge is 0.480 e. The van der Waals surface area contributed by atoms with Gasteiger partial charge in [0.1, 0.15) is 6.04 Å². The SMILES string of the molecule is CC(C)=CCC/C(C)=C/CC/C(C)=C/CSC[C@H](NC(=O)c1cccc(C(=O)c2ccccc2)c1)C(=O)O. The Hall–Kier alpha value is -3.38. The van der Waals surface area contributed by atoms with Gasteiger partial charge in [-0.2, -0.15) is 11.8 Å². The Bertz CT molecular complexity index is 1180. The minimum absolute atomic E-state index is 0.192. The second-order valence-electron chi connectivity index (χ2n) is 9.64. The molecule has 0 radical (unpaired) electrons. The Morgan fingerprint density at radius 2 is 1.42 bits per heavy atom. The van der Waals surface area contributed by atoms with E-state index in [4.69, 9.17) is 0 Å². The number of hydrogen-bond acceptors (Lipinski definition) is 4. The summed E-state index contributed by atoms with van der Waals surface area (Å²) in [6.07, 6.45) is 10.8. The maximum atomic E-state index is 12.8. The van der Waals surface area contributed by atoms with E-state index >= 15 is 0 Å². The first-order valence-corrected chi connectivity index (χ1v) is 14.1. The normalized spacial score (nSPS) is 12.5. The highest BCUT2D eigenvalue weighted by molar-refractivity contribution is 7.99. The molecule has 0 aliphatic carbocycles. The van der Waals surface area contributed by atoms with Gasteiger partial charge in [0.05, 0.1) is 0 Å². The molecular formula is C32H39NO4S. The van der Waals surface area contributed by atoms with Crippen molar-refractivity contribution >= 4 is 29.4 Å². The van der Waals surface area contributed by atoms with Crippen molar-refractivity contribution in [3.05, 3.63) is 106 Å². The van der Waals surface area contributed by atoms with Gasteiger partial charge in [-0.1, -0.05) is 77.4 Å². The molecule has 0 bridgehead atoms. The molecule has 0 aliphatic heterocycles. The lowest BCUT2D eigenvalue weighted by atomic mass is 10.0. The number of amides is 1. The monoisotopic (exact) mass is 533 g/mol. The van der Waals surface area contributed by atoms with Crippen LogP contribution in [0.4, 0.5) is 0 Å². The van der Waals surface area contributed by atoms with Gasteiger partial charge in [-0.3, -0.25) is 9.59 Å². The Kier molecular flexibility index (Phi) is 13.4. The van der Waals surface area contributed by atoms with Crippen molar-refractivity contribution in [1.29, 1.82) is 0 Å². The van der Waals surface area contributed by atoms with Gasteiger partial charge < -0.3 is 10.4 Å². The summed E-state index contributed by atoms with van der Waals surface area (Å²) in [7, 11) is 0. The number of carbonyl (C=O) groups excluding carboxylic acids is 2. The predicted octanol–water partition coefficient (Wildman–Crippen LogP) is 7.25. The minimum atomic E-state index is -1.09. The van der Waals surface area contributed by atoms with Crippen molar-refractivity contribution in [2.75, 3.05) is 11.5 Å². The fourth-order valence-electron chi connectivity index (χ4n) is 3.70. The molecule has 38 heavy (non-hydrogen) atoms. The first-order chi connectivity index (χ1) is 18.2.